The zero-order valence-electron chi connectivity index (χ0n) is 14.0. The highest BCUT2D eigenvalue weighted by atomic mass is 32.2. The van der Waals surface area contributed by atoms with E-state index in [1.54, 1.807) is 0 Å². The van der Waals surface area contributed by atoms with E-state index < -0.39 is 9.84 Å². The lowest BCUT2D eigenvalue weighted by molar-refractivity contribution is -0.116. The number of rotatable bonds is 5. The summed E-state index contributed by atoms with van der Waals surface area (Å²) in [4.78, 5) is 19.0. The first-order valence-electron chi connectivity index (χ1n) is 8.56. The first-order chi connectivity index (χ1) is 11.4. The van der Waals surface area contributed by atoms with Crippen LogP contribution in [0, 0.1) is 11.8 Å². The maximum atomic E-state index is 12.1. The Kier molecular flexibility index (Phi) is 5.56. The molecule has 1 aromatic rings. The Morgan fingerprint density at radius 3 is 3.00 bits per heavy atom. The fourth-order valence-corrected chi connectivity index (χ4v) is 6.14. The number of piperidine rings is 1. The second-order valence-corrected chi connectivity index (χ2v) is 10.2. The van der Waals surface area contributed by atoms with E-state index in [1.165, 1.54) is 24.2 Å². The summed E-state index contributed by atoms with van der Waals surface area (Å²) in [5.41, 5.74) is 0.993. The van der Waals surface area contributed by atoms with Gasteiger partial charge in [0.2, 0.25) is 5.91 Å². The smallest absolute Gasteiger partial charge is 0.226 e. The van der Waals surface area contributed by atoms with Crippen molar-refractivity contribution in [3.8, 4) is 0 Å². The zero-order chi connectivity index (χ0) is 17.2. The third-order valence-electron chi connectivity index (χ3n) is 4.73. The van der Waals surface area contributed by atoms with Gasteiger partial charge in [-0.2, -0.15) is 0 Å². The number of nitrogens with one attached hydrogen (secondary N) is 1. The molecule has 1 amide bonds. The van der Waals surface area contributed by atoms with Crippen molar-refractivity contribution >= 4 is 32.2 Å². The highest BCUT2D eigenvalue weighted by molar-refractivity contribution is 7.91. The van der Waals surface area contributed by atoms with Crippen molar-refractivity contribution in [1.29, 1.82) is 0 Å². The number of nitrogens with zero attached hydrogens (tertiary/aromatic N) is 2. The molecule has 134 valence electrons. The van der Waals surface area contributed by atoms with Crippen molar-refractivity contribution in [3.05, 3.63) is 11.1 Å². The standard InChI is InChI=1S/C16H25N3O3S2/c1-12-3-2-5-19(8-12)9-14-10-23-16(17-14)18-15(20)7-13-4-6-24(21,22)11-13/h10,12-13H,2-9,11H2,1H3,(H,17,18,20). The summed E-state index contributed by atoms with van der Waals surface area (Å²) < 4.78 is 22.9. The molecule has 3 rings (SSSR count). The van der Waals surface area contributed by atoms with Crippen molar-refractivity contribution in [1.82, 2.24) is 9.88 Å². The van der Waals surface area contributed by atoms with Gasteiger partial charge in [-0.3, -0.25) is 9.69 Å². The number of thiazole rings is 1. The number of hydrogen-bond donors (Lipinski definition) is 1. The predicted octanol–water partition coefficient (Wildman–Crippen LogP) is 2.14. The molecule has 8 heteroatoms. The lowest BCUT2D eigenvalue weighted by Gasteiger charge is -2.30. The van der Waals surface area contributed by atoms with Gasteiger partial charge in [0.25, 0.3) is 0 Å². The van der Waals surface area contributed by atoms with E-state index in [2.05, 4.69) is 22.1 Å². The number of anilines is 1. The summed E-state index contributed by atoms with van der Waals surface area (Å²) in [5.74, 6) is 0.894. The first kappa shape index (κ1) is 17.8. The van der Waals surface area contributed by atoms with Crippen LogP contribution in [0.4, 0.5) is 5.13 Å². The molecule has 2 aliphatic rings. The van der Waals surface area contributed by atoms with Crippen molar-refractivity contribution in [2.45, 2.75) is 39.2 Å². The van der Waals surface area contributed by atoms with Crippen molar-refractivity contribution in [3.63, 3.8) is 0 Å². The van der Waals surface area contributed by atoms with Gasteiger partial charge in [0.1, 0.15) is 0 Å². The Morgan fingerprint density at radius 2 is 2.29 bits per heavy atom. The number of sulfone groups is 1. The average Bonchev–Trinajstić information content (AvgIpc) is 3.05. The van der Waals surface area contributed by atoms with Gasteiger partial charge >= 0.3 is 0 Å². The third-order valence-corrected chi connectivity index (χ3v) is 7.37. The third kappa shape index (κ3) is 5.00. The number of carbonyl (C=O) groups excluding carboxylic acids is 1. The zero-order valence-corrected chi connectivity index (χ0v) is 15.7. The lowest BCUT2D eigenvalue weighted by Crippen LogP contribution is -2.33. The molecule has 0 radical (unpaired) electrons. The summed E-state index contributed by atoms with van der Waals surface area (Å²) in [6.45, 7) is 5.33. The summed E-state index contributed by atoms with van der Waals surface area (Å²) in [7, 11) is -2.93. The van der Waals surface area contributed by atoms with Crippen LogP contribution in [0.5, 0.6) is 0 Å². The normalized spacial score (nSPS) is 27.2. The van der Waals surface area contributed by atoms with Crippen LogP contribution >= 0.6 is 11.3 Å². The van der Waals surface area contributed by atoms with Gasteiger partial charge in [-0.1, -0.05) is 6.92 Å². The fraction of sp³-hybridized carbons (Fsp3) is 0.750. The largest absolute Gasteiger partial charge is 0.302 e. The highest BCUT2D eigenvalue weighted by Crippen LogP contribution is 2.24. The molecule has 6 nitrogen and oxygen atoms in total. The van der Waals surface area contributed by atoms with Gasteiger partial charge in [-0.15, -0.1) is 11.3 Å². The van der Waals surface area contributed by atoms with Gasteiger partial charge in [0, 0.05) is 24.9 Å². The van der Waals surface area contributed by atoms with Crippen LogP contribution in [0.1, 0.15) is 38.3 Å². The van der Waals surface area contributed by atoms with E-state index in [4.69, 9.17) is 0 Å². The van der Waals surface area contributed by atoms with Gasteiger partial charge in [-0.25, -0.2) is 13.4 Å². The maximum Gasteiger partial charge on any atom is 0.226 e. The molecule has 0 aliphatic carbocycles. The Morgan fingerprint density at radius 1 is 1.46 bits per heavy atom. The van der Waals surface area contributed by atoms with E-state index >= 15 is 0 Å². The van der Waals surface area contributed by atoms with Crippen LogP contribution in [0.15, 0.2) is 5.38 Å². The van der Waals surface area contributed by atoms with Gasteiger partial charge in [-0.05, 0) is 37.6 Å². The SMILES string of the molecule is CC1CCCN(Cc2csc(NC(=O)CC3CCS(=O)(=O)C3)n2)C1. The Hall–Kier alpha value is -0.990. The Labute approximate surface area is 147 Å². The minimum atomic E-state index is -2.93. The molecule has 2 atom stereocenters. The monoisotopic (exact) mass is 371 g/mol. The minimum absolute atomic E-state index is 0.0516. The van der Waals surface area contributed by atoms with Gasteiger partial charge < -0.3 is 5.32 Å². The molecule has 24 heavy (non-hydrogen) atoms. The van der Waals surface area contributed by atoms with E-state index in [1.807, 2.05) is 5.38 Å². The molecule has 2 aliphatic heterocycles. The fourth-order valence-electron chi connectivity index (χ4n) is 3.56. The second-order valence-electron chi connectivity index (χ2n) is 7.15. The molecule has 2 unspecified atom stereocenters. The van der Waals surface area contributed by atoms with Crippen LogP contribution in [-0.4, -0.2) is 48.8 Å². The Balaban J connectivity index is 1.48. The molecule has 0 spiro atoms. The van der Waals surface area contributed by atoms with E-state index in [0.29, 0.717) is 11.6 Å². The van der Waals surface area contributed by atoms with E-state index in [-0.39, 0.29) is 29.8 Å². The van der Waals surface area contributed by atoms with Crippen LogP contribution in [0.2, 0.25) is 0 Å². The molecule has 0 aromatic carbocycles. The summed E-state index contributed by atoms with van der Waals surface area (Å²) >= 11 is 1.44. The number of amides is 1. The molecule has 1 N–H and O–H groups in total. The molecular weight excluding hydrogens is 346 g/mol. The first-order valence-corrected chi connectivity index (χ1v) is 11.3. The highest BCUT2D eigenvalue weighted by Gasteiger charge is 2.29. The second kappa shape index (κ2) is 7.49. The van der Waals surface area contributed by atoms with Crippen molar-refractivity contribution in [2.24, 2.45) is 11.8 Å². The van der Waals surface area contributed by atoms with E-state index in [0.717, 1.165) is 31.2 Å². The van der Waals surface area contributed by atoms with E-state index in [9.17, 15) is 13.2 Å². The molecule has 2 saturated heterocycles. The Bertz CT molecular complexity index is 686. The molecule has 3 heterocycles. The summed E-state index contributed by atoms with van der Waals surface area (Å²) in [6.07, 6.45) is 3.38. The predicted molar refractivity (Wildman–Crippen MR) is 95.8 cm³/mol. The van der Waals surface area contributed by atoms with Crippen LogP contribution in [-0.2, 0) is 21.2 Å². The maximum absolute atomic E-state index is 12.1. The van der Waals surface area contributed by atoms with Crippen molar-refractivity contribution < 1.29 is 13.2 Å². The summed E-state index contributed by atoms with van der Waals surface area (Å²) in [6, 6.07) is 0. The average molecular weight is 372 g/mol. The number of hydrogen-bond acceptors (Lipinski definition) is 6. The molecule has 1 aromatic heterocycles. The number of likely N-dealkylation sites (tertiary alicyclic amines) is 1. The quantitative estimate of drug-likeness (QED) is 0.858. The minimum Gasteiger partial charge on any atom is -0.302 e. The van der Waals surface area contributed by atoms with Crippen LogP contribution in [0.3, 0.4) is 0 Å². The van der Waals surface area contributed by atoms with Crippen LogP contribution < -0.4 is 5.32 Å². The molecule has 0 saturated carbocycles. The molecular formula is C16H25N3O3S2. The molecule has 2 fully saturated rings. The number of carbonyl (C=O) groups is 1. The number of aromatic nitrogens is 1. The lowest BCUT2D eigenvalue weighted by atomic mass is 10.0. The van der Waals surface area contributed by atoms with Gasteiger partial charge in [0.05, 0.1) is 17.2 Å². The molecule has 0 bridgehead atoms. The summed E-state index contributed by atoms with van der Waals surface area (Å²) in [5, 5.41) is 5.42. The van der Waals surface area contributed by atoms with Crippen LogP contribution in [0.25, 0.3) is 0 Å². The topological polar surface area (TPSA) is 79.4 Å². The van der Waals surface area contributed by atoms with Gasteiger partial charge in [0.15, 0.2) is 15.0 Å². The van der Waals surface area contributed by atoms with Crippen molar-refractivity contribution in [2.75, 3.05) is 29.9 Å².